The van der Waals surface area contributed by atoms with Crippen LogP contribution in [0.5, 0.6) is 0 Å². The van der Waals surface area contributed by atoms with Gasteiger partial charge in [0.05, 0.1) is 5.41 Å². The largest absolute Gasteiger partial charge is 0.465 e. The standard InChI is InChI=1S/C21H38BrClO4/c1-3-5-7-9-11-13-19(24)26-17-21(15-22,16-23)18-27-20(25)14-12-10-8-6-4-2/h3-18H2,1-2H3. The minimum atomic E-state index is -0.572. The fourth-order valence-corrected chi connectivity index (χ4v) is 3.59. The number of ether oxygens (including phenoxy) is 2. The summed E-state index contributed by atoms with van der Waals surface area (Å²) in [7, 11) is 0. The van der Waals surface area contributed by atoms with Crippen LogP contribution in [0.4, 0.5) is 0 Å². The van der Waals surface area contributed by atoms with Gasteiger partial charge in [0.15, 0.2) is 0 Å². The molecule has 160 valence electrons. The Bertz CT molecular complexity index is 354. The van der Waals surface area contributed by atoms with Crippen molar-refractivity contribution >= 4 is 39.5 Å². The van der Waals surface area contributed by atoms with Crippen LogP contribution in [-0.4, -0.2) is 36.4 Å². The number of carbonyl (C=O) groups is 2. The lowest BCUT2D eigenvalue weighted by molar-refractivity contribution is -0.152. The summed E-state index contributed by atoms with van der Waals surface area (Å²) in [5.74, 6) is -0.153. The number of unbranched alkanes of at least 4 members (excludes halogenated alkanes) is 8. The van der Waals surface area contributed by atoms with Crippen LogP contribution in [0.3, 0.4) is 0 Å². The van der Waals surface area contributed by atoms with E-state index in [2.05, 4.69) is 29.8 Å². The quantitative estimate of drug-likeness (QED) is 0.132. The Labute approximate surface area is 179 Å². The molecular weight excluding hydrogens is 432 g/mol. The molecule has 0 heterocycles. The van der Waals surface area contributed by atoms with Crippen LogP contribution >= 0.6 is 27.5 Å². The highest BCUT2D eigenvalue weighted by Crippen LogP contribution is 2.24. The zero-order chi connectivity index (χ0) is 20.4. The molecule has 0 rings (SSSR count). The summed E-state index contributed by atoms with van der Waals surface area (Å²) < 4.78 is 10.8. The Morgan fingerprint density at radius 2 is 1.19 bits per heavy atom. The van der Waals surface area contributed by atoms with Gasteiger partial charge in [-0.05, 0) is 12.8 Å². The molecular formula is C21H38BrClO4. The van der Waals surface area contributed by atoms with Gasteiger partial charge in [-0.1, -0.05) is 81.1 Å². The van der Waals surface area contributed by atoms with Crippen molar-refractivity contribution in [1.82, 2.24) is 0 Å². The number of hydrogen-bond acceptors (Lipinski definition) is 4. The van der Waals surface area contributed by atoms with Crippen LogP contribution in [0.25, 0.3) is 0 Å². The molecule has 0 atom stereocenters. The second-order valence-corrected chi connectivity index (χ2v) is 8.25. The first kappa shape index (κ1) is 26.7. The second-order valence-electron chi connectivity index (χ2n) is 7.42. The van der Waals surface area contributed by atoms with Crippen molar-refractivity contribution in [2.24, 2.45) is 5.41 Å². The van der Waals surface area contributed by atoms with Gasteiger partial charge in [0.25, 0.3) is 0 Å². The molecule has 0 amide bonds. The smallest absolute Gasteiger partial charge is 0.305 e. The molecule has 0 aliphatic carbocycles. The van der Waals surface area contributed by atoms with Crippen molar-refractivity contribution < 1.29 is 19.1 Å². The maximum Gasteiger partial charge on any atom is 0.305 e. The van der Waals surface area contributed by atoms with Crippen LogP contribution in [-0.2, 0) is 19.1 Å². The van der Waals surface area contributed by atoms with E-state index >= 15 is 0 Å². The van der Waals surface area contributed by atoms with E-state index in [-0.39, 0.29) is 31.0 Å². The van der Waals surface area contributed by atoms with E-state index in [0.717, 1.165) is 38.5 Å². The number of alkyl halides is 2. The van der Waals surface area contributed by atoms with Crippen molar-refractivity contribution in [3.63, 3.8) is 0 Å². The van der Waals surface area contributed by atoms with Gasteiger partial charge in [0.2, 0.25) is 0 Å². The summed E-state index contributed by atoms with van der Waals surface area (Å²) in [6.45, 7) is 4.66. The van der Waals surface area contributed by atoms with Crippen LogP contribution in [0.2, 0.25) is 0 Å². The molecule has 0 aromatic carbocycles. The van der Waals surface area contributed by atoms with Gasteiger partial charge in [-0.15, -0.1) is 11.6 Å². The maximum atomic E-state index is 11.9. The highest BCUT2D eigenvalue weighted by atomic mass is 79.9. The molecule has 0 aromatic rings. The molecule has 27 heavy (non-hydrogen) atoms. The summed E-state index contributed by atoms with van der Waals surface area (Å²) in [5, 5.41) is 0.511. The van der Waals surface area contributed by atoms with Gasteiger partial charge in [0, 0.05) is 24.1 Å². The summed E-state index contributed by atoms with van der Waals surface area (Å²) in [5.41, 5.74) is -0.572. The third-order valence-corrected chi connectivity index (χ3v) is 6.37. The number of halogens is 2. The predicted octanol–water partition coefficient (Wildman–Crippen LogP) is 6.41. The maximum absolute atomic E-state index is 11.9. The third kappa shape index (κ3) is 14.4. The Morgan fingerprint density at radius 3 is 1.52 bits per heavy atom. The van der Waals surface area contributed by atoms with Gasteiger partial charge in [-0.25, -0.2) is 0 Å². The molecule has 6 heteroatoms. The summed E-state index contributed by atoms with van der Waals surface area (Å²) >= 11 is 9.53. The van der Waals surface area contributed by atoms with E-state index in [1.807, 2.05) is 0 Å². The Hall–Kier alpha value is -0.290. The Kier molecular flexibility index (Phi) is 17.6. The monoisotopic (exact) mass is 468 g/mol. The summed E-state index contributed by atoms with van der Waals surface area (Å²) in [6.07, 6.45) is 11.8. The number of hydrogen-bond donors (Lipinski definition) is 0. The first-order chi connectivity index (χ1) is 13.0. The lowest BCUT2D eigenvalue weighted by atomic mass is 9.96. The molecule has 0 spiro atoms. The summed E-state index contributed by atoms with van der Waals surface area (Å²) in [6, 6.07) is 0. The number of esters is 2. The van der Waals surface area contributed by atoms with Crippen molar-refractivity contribution in [1.29, 1.82) is 0 Å². The molecule has 4 nitrogen and oxygen atoms in total. The molecule has 0 fully saturated rings. The topological polar surface area (TPSA) is 52.6 Å². The molecule has 0 aliphatic rings. The zero-order valence-electron chi connectivity index (χ0n) is 17.2. The molecule has 0 radical (unpaired) electrons. The first-order valence-electron chi connectivity index (χ1n) is 10.5. The fraction of sp³-hybridized carbons (Fsp3) is 0.905. The van der Waals surface area contributed by atoms with Gasteiger partial charge < -0.3 is 9.47 Å². The average molecular weight is 470 g/mol. The van der Waals surface area contributed by atoms with Crippen molar-refractivity contribution in [2.45, 2.75) is 90.9 Å². The summed E-state index contributed by atoms with van der Waals surface area (Å²) in [4.78, 5) is 23.9. The molecule has 0 aromatic heterocycles. The Morgan fingerprint density at radius 1 is 0.778 bits per heavy atom. The van der Waals surface area contributed by atoms with E-state index in [1.54, 1.807) is 0 Å². The number of carbonyl (C=O) groups excluding carboxylic acids is 2. The SMILES string of the molecule is CCCCCCCC(=O)OCC(CCl)(CBr)COC(=O)CCCCCCC. The predicted molar refractivity (Wildman–Crippen MR) is 116 cm³/mol. The first-order valence-corrected chi connectivity index (χ1v) is 12.1. The van der Waals surface area contributed by atoms with E-state index in [0.29, 0.717) is 18.2 Å². The van der Waals surface area contributed by atoms with Gasteiger partial charge >= 0.3 is 11.9 Å². The van der Waals surface area contributed by atoms with Crippen LogP contribution < -0.4 is 0 Å². The lowest BCUT2D eigenvalue weighted by Gasteiger charge is -2.28. The average Bonchev–Trinajstić information content (AvgIpc) is 2.68. The molecule has 0 aliphatic heterocycles. The van der Waals surface area contributed by atoms with E-state index < -0.39 is 5.41 Å². The molecule has 0 N–H and O–H groups in total. The highest BCUT2D eigenvalue weighted by Gasteiger charge is 2.32. The van der Waals surface area contributed by atoms with Gasteiger partial charge in [-0.2, -0.15) is 0 Å². The molecule has 0 saturated carbocycles. The van der Waals surface area contributed by atoms with Crippen LogP contribution in [0, 0.1) is 5.41 Å². The van der Waals surface area contributed by atoms with Crippen LogP contribution in [0.1, 0.15) is 90.9 Å². The number of rotatable bonds is 18. The molecule has 0 unspecified atom stereocenters. The van der Waals surface area contributed by atoms with Gasteiger partial charge in [-0.3, -0.25) is 9.59 Å². The van der Waals surface area contributed by atoms with Crippen LogP contribution in [0.15, 0.2) is 0 Å². The van der Waals surface area contributed by atoms with Crippen molar-refractivity contribution in [3.05, 3.63) is 0 Å². The van der Waals surface area contributed by atoms with Crippen molar-refractivity contribution in [2.75, 3.05) is 24.4 Å². The normalized spacial score (nSPS) is 11.4. The molecule has 0 bridgehead atoms. The second kappa shape index (κ2) is 17.8. The minimum absolute atomic E-state index is 0.166. The van der Waals surface area contributed by atoms with E-state index in [1.165, 1.54) is 25.7 Å². The Balaban J connectivity index is 4.11. The van der Waals surface area contributed by atoms with Gasteiger partial charge in [0.1, 0.15) is 13.2 Å². The third-order valence-electron chi connectivity index (χ3n) is 4.61. The fourth-order valence-electron chi connectivity index (χ4n) is 2.59. The minimum Gasteiger partial charge on any atom is -0.465 e. The zero-order valence-corrected chi connectivity index (χ0v) is 19.5. The van der Waals surface area contributed by atoms with E-state index in [9.17, 15) is 9.59 Å². The lowest BCUT2D eigenvalue weighted by Crippen LogP contribution is -2.37. The van der Waals surface area contributed by atoms with E-state index in [4.69, 9.17) is 21.1 Å². The van der Waals surface area contributed by atoms with Crippen molar-refractivity contribution in [3.8, 4) is 0 Å². The highest BCUT2D eigenvalue weighted by molar-refractivity contribution is 9.09. The molecule has 0 saturated heterocycles.